The summed E-state index contributed by atoms with van der Waals surface area (Å²) in [5.41, 5.74) is 1.16. The van der Waals surface area contributed by atoms with Crippen molar-refractivity contribution in [1.29, 1.82) is 0 Å². The highest BCUT2D eigenvalue weighted by Gasteiger charge is 2.40. The van der Waals surface area contributed by atoms with Crippen LogP contribution < -0.4 is 10.1 Å². The number of carbonyl (C=O) groups excluding carboxylic acids is 4. The van der Waals surface area contributed by atoms with E-state index in [-0.39, 0.29) is 37.3 Å². The highest BCUT2D eigenvalue weighted by atomic mass is 16.5. The number of carbonyl (C=O) groups is 4. The summed E-state index contributed by atoms with van der Waals surface area (Å²) in [6.45, 7) is 3.86. The minimum atomic E-state index is -0.669. The van der Waals surface area contributed by atoms with Crippen molar-refractivity contribution < 1.29 is 23.9 Å². The maximum Gasteiger partial charge on any atom is 0.260 e. The Bertz CT molecular complexity index is 876. The molecule has 3 aliphatic heterocycles. The van der Waals surface area contributed by atoms with Crippen molar-refractivity contribution in [2.24, 2.45) is 5.92 Å². The molecule has 2 saturated heterocycles. The summed E-state index contributed by atoms with van der Waals surface area (Å²) in [6.07, 6.45) is 3.72. The van der Waals surface area contributed by atoms with Gasteiger partial charge in [-0.3, -0.25) is 24.5 Å². The molecule has 160 valence electrons. The lowest BCUT2D eigenvalue weighted by molar-refractivity contribution is -0.137. The van der Waals surface area contributed by atoms with Gasteiger partial charge in [0.2, 0.25) is 11.8 Å². The third-order valence-electron chi connectivity index (χ3n) is 6.43. The van der Waals surface area contributed by atoms with Gasteiger partial charge >= 0.3 is 0 Å². The first-order valence-electron chi connectivity index (χ1n) is 10.6. The molecule has 0 radical (unpaired) electrons. The second-order valence-electron chi connectivity index (χ2n) is 8.20. The lowest BCUT2D eigenvalue weighted by atomic mass is 9.94. The Morgan fingerprint density at radius 2 is 1.93 bits per heavy atom. The zero-order chi connectivity index (χ0) is 21.3. The number of likely N-dealkylation sites (tertiary alicyclic amines) is 1. The molecule has 1 N–H and O–H groups in total. The van der Waals surface area contributed by atoms with E-state index < -0.39 is 11.9 Å². The summed E-state index contributed by atoms with van der Waals surface area (Å²) >= 11 is 0. The fourth-order valence-corrected chi connectivity index (χ4v) is 4.51. The van der Waals surface area contributed by atoms with E-state index in [0.717, 1.165) is 32.4 Å². The van der Waals surface area contributed by atoms with Crippen LogP contribution in [0.5, 0.6) is 5.75 Å². The molecule has 0 bridgehead atoms. The first-order valence-corrected chi connectivity index (χ1v) is 10.6. The molecule has 0 aromatic heterocycles. The van der Waals surface area contributed by atoms with Gasteiger partial charge in [0.1, 0.15) is 11.8 Å². The number of piperidine rings is 2. The molecule has 4 amide bonds. The summed E-state index contributed by atoms with van der Waals surface area (Å²) in [4.78, 5) is 52.3. The summed E-state index contributed by atoms with van der Waals surface area (Å²) in [6, 6.07) is 4.50. The number of nitrogens with zero attached hydrogens (tertiary/aromatic N) is 2. The Hall–Kier alpha value is -2.90. The lowest BCUT2D eigenvalue weighted by Crippen LogP contribution is -2.52. The van der Waals surface area contributed by atoms with Crippen LogP contribution in [0.25, 0.3) is 0 Å². The maximum atomic E-state index is 12.9. The van der Waals surface area contributed by atoms with Crippen LogP contribution in [0.4, 0.5) is 0 Å². The summed E-state index contributed by atoms with van der Waals surface area (Å²) in [5.74, 6) is 0.127. The van der Waals surface area contributed by atoms with Crippen molar-refractivity contribution in [3.63, 3.8) is 0 Å². The Kier molecular flexibility index (Phi) is 5.74. The van der Waals surface area contributed by atoms with Crippen LogP contribution in [0.1, 0.15) is 54.9 Å². The molecule has 0 saturated carbocycles. The van der Waals surface area contributed by atoms with E-state index in [4.69, 9.17) is 4.74 Å². The first kappa shape index (κ1) is 20.4. The minimum Gasteiger partial charge on any atom is -0.483 e. The van der Waals surface area contributed by atoms with Crippen LogP contribution in [-0.2, 0) is 20.9 Å². The Morgan fingerprint density at radius 3 is 2.63 bits per heavy atom. The molecular formula is C22H27N3O5. The maximum absolute atomic E-state index is 12.9. The van der Waals surface area contributed by atoms with E-state index in [1.807, 2.05) is 4.90 Å². The third kappa shape index (κ3) is 3.91. The molecule has 1 atom stereocenters. The minimum absolute atomic E-state index is 0.0477. The molecule has 1 aromatic carbocycles. The van der Waals surface area contributed by atoms with Gasteiger partial charge in [0, 0.05) is 30.6 Å². The van der Waals surface area contributed by atoms with Crippen molar-refractivity contribution in [3.8, 4) is 5.75 Å². The Balaban J connectivity index is 1.41. The Morgan fingerprint density at radius 1 is 1.17 bits per heavy atom. The summed E-state index contributed by atoms with van der Waals surface area (Å²) in [7, 11) is 0. The van der Waals surface area contributed by atoms with Crippen molar-refractivity contribution in [3.05, 3.63) is 29.3 Å². The average molecular weight is 413 g/mol. The number of imide groups is 1. The van der Waals surface area contributed by atoms with Gasteiger partial charge in [0.15, 0.2) is 6.61 Å². The molecule has 1 aromatic rings. The van der Waals surface area contributed by atoms with E-state index in [1.165, 1.54) is 4.90 Å². The Labute approximate surface area is 175 Å². The largest absolute Gasteiger partial charge is 0.483 e. The van der Waals surface area contributed by atoms with Gasteiger partial charge in [0.25, 0.3) is 11.8 Å². The van der Waals surface area contributed by atoms with Crippen molar-refractivity contribution in [2.45, 2.75) is 51.6 Å². The molecule has 30 heavy (non-hydrogen) atoms. The highest BCUT2D eigenvalue weighted by molar-refractivity contribution is 6.05. The topological polar surface area (TPSA) is 96.0 Å². The average Bonchev–Trinajstić information content (AvgIpc) is 3.09. The smallest absolute Gasteiger partial charge is 0.260 e. The van der Waals surface area contributed by atoms with Crippen LogP contribution in [-0.4, -0.2) is 59.2 Å². The number of rotatable bonds is 5. The predicted molar refractivity (Wildman–Crippen MR) is 108 cm³/mol. The molecule has 2 fully saturated rings. The summed E-state index contributed by atoms with van der Waals surface area (Å²) in [5, 5.41) is 2.30. The first-order chi connectivity index (χ1) is 14.5. The van der Waals surface area contributed by atoms with Gasteiger partial charge in [-0.15, -0.1) is 0 Å². The van der Waals surface area contributed by atoms with Gasteiger partial charge in [-0.05, 0) is 37.3 Å². The van der Waals surface area contributed by atoms with Gasteiger partial charge in [-0.25, -0.2) is 0 Å². The lowest BCUT2D eigenvalue weighted by Gasteiger charge is -2.31. The SMILES string of the molecule is CCC1CCN(C(=O)COc2cccc3c2CN(C2CCC(=O)NC2=O)C3=O)CC1. The molecule has 0 aliphatic carbocycles. The van der Waals surface area contributed by atoms with E-state index in [0.29, 0.717) is 29.2 Å². The number of hydrogen-bond donors (Lipinski definition) is 1. The molecule has 1 unspecified atom stereocenters. The monoisotopic (exact) mass is 413 g/mol. The number of hydrogen-bond acceptors (Lipinski definition) is 5. The second-order valence-corrected chi connectivity index (χ2v) is 8.20. The number of ether oxygens (including phenoxy) is 1. The fourth-order valence-electron chi connectivity index (χ4n) is 4.51. The molecule has 8 heteroatoms. The van der Waals surface area contributed by atoms with Gasteiger partial charge in [0.05, 0.1) is 6.54 Å². The van der Waals surface area contributed by atoms with Crippen LogP contribution in [0.15, 0.2) is 18.2 Å². The zero-order valence-corrected chi connectivity index (χ0v) is 17.2. The van der Waals surface area contributed by atoms with Crippen LogP contribution >= 0.6 is 0 Å². The van der Waals surface area contributed by atoms with E-state index >= 15 is 0 Å². The molecule has 0 spiro atoms. The standard InChI is InChI=1S/C22H27N3O5/c1-2-14-8-10-24(11-9-14)20(27)13-30-18-5-3-4-15-16(18)12-25(22(15)29)17-6-7-19(26)23-21(17)28/h3-5,14,17H,2,6-13H2,1H3,(H,23,26,28). The van der Waals surface area contributed by atoms with Crippen LogP contribution in [0.2, 0.25) is 0 Å². The number of fused-ring (bicyclic) bond motifs is 1. The number of nitrogens with one attached hydrogen (secondary N) is 1. The van der Waals surface area contributed by atoms with E-state index in [2.05, 4.69) is 12.2 Å². The van der Waals surface area contributed by atoms with Crippen molar-refractivity contribution in [2.75, 3.05) is 19.7 Å². The molecule has 3 aliphatic rings. The highest BCUT2D eigenvalue weighted by Crippen LogP contribution is 2.33. The molecule has 3 heterocycles. The van der Waals surface area contributed by atoms with E-state index in [9.17, 15) is 19.2 Å². The van der Waals surface area contributed by atoms with Crippen LogP contribution in [0, 0.1) is 5.92 Å². The van der Waals surface area contributed by atoms with Crippen molar-refractivity contribution >= 4 is 23.6 Å². The van der Waals surface area contributed by atoms with Gasteiger partial charge in [-0.1, -0.05) is 19.4 Å². The van der Waals surface area contributed by atoms with Gasteiger partial charge < -0.3 is 14.5 Å². The predicted octanol–water partition coefficient (Wildman–Crippen LogP) is 1.48. The van der Waals surface area contributed by atoms with Crippen LogP contribution in [0.3, 0.4) is 0 Å². The zero-order valence-electron chi connectivity index (χ0n) is 17.2. The second kappa shape index (κ2) is 8.45. The van der Waals surface area contributed by atoms with Crippen molar-refractivity contribution in [1.82, 2.24) is 15.1 Å². The summed E-state index contributed by atoms with van der Waals surface area (Å²) < 4.78 is 5.82. The molecule has 8 nitrogen and oxygen atoms in total. The van der Waals surface area contributed by atoms with Gasteiger partial charge in [-0.2, -0.15) is 0 Å². The normalized spacial score (nSPS) is 22.2. The quantitative estimate of drug-likeness (QED) is 0.738. The fraction of sp³-hybridized carbons (Fsp3) is 0.545. The van der Waals surface area contributed by atoms with E-state index in [1.54, 1.807) is 18.2 Å². The molecule has 4 rings (SSSR count). The number of amides is 4. The third-order valence-corrected chi connectivity index (χ3v) is 6.43. The number of benzene rings is 1. The molecular weight excluding hydrogens is 386 g/mol.